The number of benzene rings is 3. The molecule has 0 spiro atoms. The number of anilines is 1. The molecule has 160 valence electrons. The van der Waals surface area contributed by atoms with E-state index in [2.05, 4.69) is 10.5 Å². The van der Waals surface area contributed by atoms with Gasteiger partial charge >= 0.3 is 0 Å². The molecule has 0 aliphatic carbocycles. The predicted molar refractivity (Wildman–Crippen MR) is 121 cm³/mol. The number of ether oxygens (including phenoxy) is 1. The van der Waals surface area contributed by atoms with Crippen molar-refractivity contribution in [1.29, 1.82) is 0 Å². The monoisotopic (exact) mass is 437 g/mol. The van der Waals surface area contributed by atoms with Crippen LogP contribution in [0.25, 0.3) is 0 Å². The molecule has 31 heavy (non-hydrogen) atoms. The van der Waals surface area contributed by atoms with E-state index in [1.165, 1.54) is 25.5 Å². The average molecular weight is 438 g/mol. The number of rotatable bonds is 8. The Hall–Kier alpha value is -3.65. The first-order valence-electron chi connectivity index (χ1n) is 9.50. The van der Waals surface area contributed by atoms with E-state index in [9.17, 15) is 13.2 Å². The second kappa shape index (κ2) is 9.90. The van der Waals surface area contributed by atoms with E-state index in [1.54, 1.807) is 36.4 Å². The van der Waals surface area contributed by atoms with Crippen molar-refractivity contribution in [2.75, 3.05) is 18.0 Å². The topological polar surface area (TPSA) is 88.1 Å². The normalized spacial score (nSPS) is 11.3. The van der Waals surface area contributed by atoms with E-state index in [0.717, 1.165) is 15.4 Å². The molecule has 0 aromatic heterocycles. The Kier molecular flexibility index (Phi) is 7.04. The van der Waals surface area contributed by atoms with Gasteiger partial charge in [0, 0.05) is 0 Å². The lowest BCUT2D eigenvalue weighted by Crippen LogP contribution is -2.39. The fourth-order valence-electron chi connectivity index (χ4n) is 2.78. The van der Waals surface area contributed by atoms with E-state index in [1.807, 2.05) is 37.3 Å². The summed E-state index contributed by atoms with van der Waals surface area (Å²) in [6.45, 7) is 1.47. The highest BCUT2D eigenvalue weighted by Crippen LogP contribution is 2.25. The van der Waals surface area contributed by atoms with Crippen molar-refractivity contribution in [1.82, 2.24) is 5.43 Å². The Morgan fingerprint density at radius 2 is 1.65 bits per heavy atom. The van der Waals surface area contributed by atoms with Gasteiger partial charge in [-0.3, -0.25) is 9.10 Å². The quantitative estimate of drug-likeness (QED) is 0.432. The minimum atomic E-state index is -4.00. The van der Waals surface area contributed by atoms with Crippen molar-refractivity contribution in [3.8, 4) is 5.75 Å². The minimum absolute atomic E-state index is 0.0504. The number of nitrogens with zero attached hydrogens (tertiary/aromatic N) is 2. The van der Waals surface area contributed by atoms with Crippen molar-refractivity contribution in [3.63, 3.8) is 0 Å². The molecule has 0 saturated carbocycles. The standard InChI is InChI=1S/C23H23N3O4S/c1-18-8-10-20(11-9-18)26(31(28,29)22-14-12-21(30-2)13-15-22)17-23(27)25-24-16-19-6-4-3-5-7-19/h3-16H,17H2,1-2H3,(H,25,27)/b24-16-. The van der Waals surface area contributed by atoms with Gasteiger partial charge in [0.05, 0.1) is 23.9 Å². The van der Waals surface area contributed by atoms with Gasteiger partial charge in [0.1, 0.15) is 12.3 Å². The maximum absolute atomic E-state index is 13.3. The number of carbonyl (C=O) groups excluding carboxylic acids is 1. The lowest BCUT2D eigenvalue weighted by atomic mass is 10.2. The molecule has 1 N–H and O–H groups in total. The Labute approximate surface area is 182 Å². The van der Waals surface area contributed by atoms with Crippen molar-refractivity contribution >= 4 is 27.8 Å². The SMILES string of the molecule is COc1ccc(S(=O)(=O)N(CC(=O)N/N=C\c2ccccc2)c2ccc(C)cc2)cc1. The van der Waals surface area contributed by atoms with Crippen molar-refractivity contribution in [2.24, 2.45) is 5.10 Å². The highest BCUT2D eigenvalue weighted by molar-refractivity contribution is 7.92. The molecule has 0 radical (unpaired) electrons. The maximum atomic E-state index is 13.3. The fraction of sp³-hybridized carbons (Fsp3) is 0.130. The smallest absolute Gasteiger partial charge is 0.264 e. The molecule has 0 unspecified atom stereocenters. The highest BCUT2D eigenvalue weighted by atomic mass is 32.2. The number of carbonyl (C=O) groups is 1. The zero-order valence-electron chi connectivity index (χ0n) is 17.2. The first-order chi connectivity index (χ1) is 14.9. The molecule has 0 fully saturated rings. The van der Waals surface area contributed by atoms with E-state index < -0.39 is 22.5 Å². The number of hydrogen-bond donors (Lipinski definition) is 1. The van der Waals surface area contributed by atoms with Gasteiger partial charge in [0.15, 0.2) is 0 Å². The van der Waals surface area contributed by atoms with Crippen molar-refractivity contribution in [2.45, 2.75) is 11.8 Å². The van der Waals surface area contributed by atoms with Gasteiger partial charge in [-0.25, -0.2) is 13.8 Å². The molecule has 7 nitrogen and oxygen atoms in total. The zero-order chi connectivity index (χ0) is 22.3. The molecule has 0 aliphatic rings. The third-order valence-corrected chi connectivity index (χ3v) is 6.25. The Bertz CT molecular complexity index is 1140. The third-order valence-electron chi connectivity index (χ3n) is 4.46. The maximum Gasteiger partial charge on any atom is 0.264 e. The minimum Gasteiger partial charge on any atom is -0.497 e. The van der Waals surface area contributed by atoms with E-state index in [0.29, 0.717) is 11.4 Å². The van der Waals surface area contributed by atoms with Crippen LogP contribution in [0, 0.1) is 6.92 Å². The number of hydrazone groups is 1. The lowest BCUT2D eigenvalue weighted by molar-refractivity contribution is -0.119. The van der Waals surface area contributed by atoms with Crippen molar-refractivity contribution < 1.29 is 17.9 Å². The van der Waals surface area contributed by atoms with Gasteiger partial charge in [0.25, 0.3) is 15.9 Å². The van der Waals surface area contributed by atoms with Crippen LogP contribution in [0.15, 0.2) is 88.9 Å². The molecule has 0 aliphatic heterocycles. The molecule has 3 aromatic carbocycles. The molecule has 0 bridgehead atoms. The Morgan fingerprint density at radius 3 is 2.26 bits per heavy atom. The van der Waals surface area contributed by atoms with Crippen LogP contribution in [0.3, 0.4) is 0 Å². The van der Waals surface area contributed by atoms with Crippen LogP contribution in [0.5, 0.6) is 5.75 Å². The second-order valence-electron chi connectivity index (χ2n) is 6.73. The number of hydrogen-bond acceptors (Lipinski definition) is 5. The highest BCUT2D eigenvalue weighted by Gasteiger charge is 2.27. The summed E-state index contributed by atoms with van der Waals surface area (Å²) in [5.41, 5.74) is 4.55. The Balaban J connectivity index is 1.84. The largest absolute Gasteiger partial charge is 0.497 e. The lowest BCUT2D eigenvalue weighted by Gasteiger charge is -2.24. The summed E-state index contributed by atoms with van der Waals surface area (Å²) < 4.78 is 32.8. The van der Waals surface area contributed by atoms with Crippen LogP contribution in [0.2, 0.25) is 0 Å². The summed E-state index contributed by atoms with van der Waals surface area (Å²) in [5.74, 6) is -0.0290. The van der Waals surface area contributed by atoms with Crippen molar-refractivity contribution in [3.05, 3.63) is 90.0 Å². The molecular weight excluding hydrogens is 414 g/mol. The molecule has 1 amide bonds. The number of amides is 1. The van der Waals surface area contributed by atoms with Crippen LogP contribution in [0.4, 0.5) is 5.69 Å². The summed E-state index contributed by atoms with van der Waals surface area (Å²) in [5, 5.41) is 3.92. The molecule has 0 saturated heterocycles. The van der Waals surface area contributed by atoms with Crippen LogP contribution >= 0.6 is 0 Å². The van der Waals surface area contributed by atoms with E-state index >= 15 is 0 Å². The van der Waals surface area contributed by atoms with Gasteiger partial charge < -0.3 is 4.74 Å². The molecule has 3 rings (SSSR count). The zero-order valence-corrected chi connectivity index (χ0v) is 18.0. The van der Waals surface area contributed by atoms with Crippen LogP contribution in [-0.4, -0.2) is 34.2 Å². The average Bonchev–Trinajstić information content (AvgIpc) is 2.79. The van der Waals surface area contributed by atoms with Crippen LogP contribution < -0.4 is 14.5 Å². The molecular formula is C23H23N3O4S. The second-order valence-corrected chi connectivity index (χ2v) is 8.59. The summed E-state index contributed by atoms with van der Waals surface area (Å²) in [7, 11) is -2.50. The summed E-state index contributed by atoms with van der Waals surface area (Å²) >= 11 is 0. The third kappa shape index (κ3) is 5.70. The number of methoxy groups -OCH3 is 1. The summed E-state index contributed by atoms with van der Waals surface area (Å²) in [6, 6.07) is 22.2. The van der Waals surface area contributed by atoms with E-state index in [-0.39, 0.29) is 4.90 Å². The molecule has 3 aromatic rings. The number of nitrogens with one attached hydrogen (secondary N) is 1. The number of aryl methyl sites for hydroxylation is 1. The number of sulfonamides is 1. The van der Waals surface area contributed by atoms with Gasteiger partial charge in [0.2, 0.25) is 0 Å². The van der Waals surface area contributed by atoms with Gasteiger partial charge in [-0.1, -0.05) is 48.0 Å². The van der Waals surface area contributed by atoms with Crippen LogP contribution in [-0.2, 0) is 14.8 Å². The summed E-state index contributed by atoms with van der Waals surface area (Å²) in [6.07, 6.45) is 1.49. The first-order valence-corrected chi connectivity index (χ1v) is 10.9. The Morgan fingerprint density at radius 1 is 1.00 bits per heavy atom. The van der Waals surface area contributed by atoms with Gasteiger partial charge in [-0.15, -0.1) is 0 Å². The summed E-state index contributed by atoms with van der Waals surface area (Å²) in [4.78, 5) is 12.6. The van der Waals surface area contributed by atoms with E-state index in [4.69, 9.17) is 4.74 Å². The van der Waals surface area contributed by atoms with Crippen LogP contribution in [0.1, 0.15) is 11.1 Å². The van der Waals surface area contributed by atoms with Gasteiger partial charge in [-0.2, -0.15) is 5.10 Å². The molecule has 8 heteroatoms. The molecule has 0 heterocycles. The predicted octanol–water partition coefficient (Wildman–Crippen LogP) is 3.35. The van der Waals surface area contributed by atoms with Gasteiger partial charge in [-0.05, 0) is 48.9 Å². The molecule has 0 atom stereocenters. The first kappa shape index (κ1) is 22.0. The fourth-order valence-corrected chi connectivity index (χ4v) is 4.21.